The fourth-order valence-corrected chi connectivity index (χ4v) is 3.90. The predicted octanol–water partition coefficient (Wildman–Crippen LogP) is 3.13. The van der Waals surface area contributed by atoms with Gasteiger partial charge in [0.25, 0.3) is 0 Å². The van der Waals surface area contributed by atoms with Gasteiger partial charge in [-0.3, -0.25) is 9.59 Å². The number of hydrogen-bond donors (Lipinski definition) is 1. The van der Waals surface area contributed by atoms with Crippen molar-refractivity contribution in [2.75, 3.05) is 13.1 Å². The quantitative estimate of drug-likeness (QED) is 0.864. The average molecular weight is 327 g/mol. The normalized spacial score (nSPS) is 24.8. The second-order valence-corrected chi connectivity index (χ2v) is 6.95. The summed E-state index contributed by atoms with van der Waals surface area (Å²) >= 11 is 0. The fourth-order valence-electron chi connectivity index (χ4n) is 3.90. The molecule has 1 fully saturated rings. The molecule has 1 saturated heterocycles. The van der Waals surface area contributed by atoms with E-state index < -0.39 is 17.8 Å². The lowest BCUT2D eigenvalue weighted by Gasteiger charge is -2.36. The van der Waals surface area contributed by atoms with Gasteiger partial charge in [-0.25, -0.2) is 0 Å². The molecule has 2 atom stereocenters. The van der Waals surface area contributed by atoms with E-state index >= 15 is 0 Å². The molecular weight excluding hydrogens is 302 g/mol. The Labute approximate surface area is 143 Å². The molecule has 4 nitrogen and oxygen atoms in total. The lowest BCUT2D eigenvalue weighted by atomic mass is 9.81. The molecule has 3 rings (SSSR count). The first-order valence-electron chi connectivity index (χ1n) is 8.85. The van der Waals surface area contributed by atoms with Crippen LogP contribution in [0.5, 0.6) is 0 Å². The second kappa shape index (κ2) is 7.65. The summed E-state index contributed by atoms with van der Waals surface area (Å²) in [6, 6.07) is 10.5. The molecule has 0 saturated carbocycles. The highest BCUT2D eigenvalue weighted by Gasteiger charge is 2.37. The fraction of sp³-hybridized carbons (Fsp3) is 0.500. The van der Waals surface area contributed by atoms with Crippen molar-refractivity contribution in [1.29, 1.82) is 0 Å². The van der Waals surface area contributed by atoms with Crippen molar-refractivity contribution < 1.29 is 14.7 Å². The van der Waals surface area contributed by atoms with Gasteiger partial charge in [-0.1, -0.05) is 42.5 Å². The van der Waals surface area contributed by atoms with E-state index in [-0.39, 0.29) is 5.91 Å². The van der Waals surface area contributed by atoms with Crippen LogP contribution < -0.4 is 0 Å². The van der Waals surface area contributed by atoms with Crippen LogP contribution >= 0.6 is 0 Å². The van der Waals surface area contributed by atoms with Crippen LogP contribution in [0.4, 0.5) is 0 Å². The van der Waals surface area contributed by atoms with E-state index in [9.17, 15) is 14.7 Å². The van der Waals surface area contributed by atoms with Gasteiger partial charge in [0.15, 0.2) is 0 Å². The largest absolute Gasteiger partial charge is 0.481 e. The summed E-state index contributed by atoms with van der Waals surface area (Å²) in [4.78, 5) is 26.1. The van der Waals surface area contributed by atoms with Crippen LogP contribution in [0.25, 0.3) is 0 Å². The van der Waals surface area contributed by atoms with Crippen molar-refractivity contribution in [3.8, 4) is 0 Å². The van der Waals surface area contributed by atoms with Gasteiger partial charge in [0.2, 0.25) is 5.91 Å². The van der Waals surface area contributed by atoms with Crippen LogP contribution in [0, 0.1) is 17.8 Å². The van der Waals surface area contributed by atoms with Crippen molar-refractivity contribution in [3.05, 3.63) is 48.0 Å². The first-order chi connectivity index (χ1) is 11.6. The zero-order valence-corrected chi connectivity index (χ0v) is 13.9. The Morgan fingerprint density at radius 1 is 1.00 bits per heavy atom. The molecule has 24 heavy (non-hydrogen) atoms. The van der Waals surface area contributed by atoms with Gasteiger partial charge in [-0.15, -0.1) is 0 Å². The molecular formula is C20H25NO3. The number of carbonyl (C=O) groups is 2. The predicted molar refractivity (Wildman–Crippen MR) is 92.4 cm³/mol. The highest BCUT2D eigenvalue weighted by Crippen LogP contribution is 2.30. The molecule has 0 spiro atoms. The van der Waals surface area contributed by atoms with E-state index in [2.05, 4.69) is 24.3 Å². The zero-order valence-electron chi connectivity index (χ0n) is 13.9. The van der Waals surface area contributed by atoms with E-state index in [4.69, 9.17) is 0 Å². The van der Waals surface area contributed by atoms with Gasteiger partial charge in [0, 0.05) is 13.1 Å². The summed E-state index contributed by atoms with van der Waals surface area (Å²) in [5, 5.41) is 9.36. The summed E-state index contributed by atoms with van der Waals surface area (Å²) in [5.74, 6) is -1.16. The van der Waals surface area contributed by atoms with E-state index in [0.717, 1.165) is 32.4 Å². The number of allylic oxidation sites excluding steroid dienone is 2. The number of nitrogens with zero attached hydrogens (tertiary/aromatic N) is 1. The summed E-state index contributed by atoms with van der Waals surface area (Å²) in [6.45, 7) is 1.51. The highest BCUT2D eigenvalue weighted by molar-refractivity contribution is 5.85. The average Bonchev–Trinajstić information content (AvgIpc) is 2.62. The molecule has 1 aliphatic heterocycles. The Kier molecular flexibility index (Phi) is 5.34. The third-order valence-electron chi connectivity index (χ3n) is 5.36. The number of rotatable bonds is 4. The molecule has 1 amide bonds. The second-order valence-electron chi connectivity index (χ2n) is 6.95. The Hall–Kier alpha value is -2.10. The van der Waals surface area contributed by atoms with E-state index in [0.29, 0.717) is 18.8 Å². The third kappa shape index (κ3) is 3.86. The maximum absolute atomic E-state index is 12.8. The first kappa shape index (κ1) is 16.7. The molecule has 2 aliphatic rings. The maximum Gasteiger partial charge on any atom is 0.307 e. The molecule has 0 unspecified atom stereocenters. The summed E-state index contributed by atoms with van der Waals surface area (Å²) in [7, 11) is 0. The monoisotopic (exact) mass is 327 g/mol. The van der Waals surface area contributed by atoms with Crippen LogP contribution in [0.1, 0.15) is 31.2 Å². The van der Waals surface area contributed by atoms with Gasteiger partial charge >= 0.3 is 5.97 Å². The van der Waals surface area contributed by atoms with E-state index in [1.54, 1.807) is 0 Å². The number of hydrogen-bond acceptors (Lipinski definition) is 2. The van der Waals surface area contributed by atoms with Crippen LogP contribution in [0.2, 0.25) is 0 Å². The minimum Gasteiger partial charge on any atom is -0.481 e. The number of carbonyl (C=O) groups excluding carboxylic acids is 1. The molecule has 1 aliphatic carbocycles. The SMILES string of the molecule is O=C(O)[C@H]1CC=CC[C@@H]1C(=O)N1CCC(Cc2ccccc2)CC1. The molecule has 0 bridgehead atoms. The van der Waals surface area contributed by atoms with Crippen LogP contribution in [0.3, 0.4) is 0 Å². The lowest BCUT2D eigenvalue weighted by molar-refractivity contribution is -0.151. The number of carboxylic acids is 1. The van der Waals surface area contributed by atoms with Gasteiger partial charge in [-0.05, 0) is 43.6 Å². The zero-order chi connectivity index (χ0) is 16.9. The molecule has 1 aromatic carbocycles. The molecule has 0 radical (unpaired) electrons. The highest BCUT2D eigenvalue weighted by atomic mass is 16.4. The van der Waals surface area contributed by atoms with Crippen molar-refractivity contribution in [2.24, 2.45) is 17.8 Å². The van der Waals surface area contributed by atoms with Gasteiger partial charge in [0.1, 0.15) is 0 Å². The van der Waals surface area contributed by atoms with Crippen LogP contribution in [-0.4, -0.2) is 35.0 Å². The van der Waals surface area contributed by atoms with Gasteiger partial charge in [-0.2, -0.15) is 0 Å². The minimum absolute atomic E-state index is 0.0323. The first-order valence-corrected chi connectivity index (χ1v) is 8.85. The minimum atomic E-state index is -0.850. The topological polar surface area (TPSA) is 57.6 Å². The number of amides is 1. The summed E-state index contributed by atoms with van der Waals surface area (Å²) < 4.78 is 0. The number of benzene rings is 1. The molecule has 4 heteroatoms. The van der Waals surface area contributed by atoms with Crippen molar-refractivity contribution in [2.45, 2.75) is 32.1 Å². The third-order valence-corrected chi connectivity index (χ3v) is 5.36. The van der Waals surface area contributed by atoms with Crippen LogP contribution in [0.15, 0.2) is 42.5 Å². The number of piperidine rings is 1. The molecule has 128 valence electrons. The van der Waals surface area contributed by atoms with Gasteiger partial charge in [0.05, 0.1) is 11.8 Å². The Bertz CT molecular complexity index is 603. The molecule has 1 N–H and O–H groups in total. The number of carboxylic acid groups (broad SMARTS) is 1. The van der Waals surface area contributed by atoms with Crippen molar-refractivity contribution >= 4 is 11.9 Å². The smallest absolute Gasteiger partial charge is 0.307 e. The standard InChI is InChI=1S/C20H25NO3/c22-19(17-8-4-5-9-18(17)20(23)24)21-12-10-16(11-13-21)14-15-6-2-1-3-7-15/h1-7,16-18H,8-14H2,(H,23,24)/t17-,18-/m0/s1. The van der Waals surface area contributed by atoms with Gasteiger partial charge < -0.3 is 10.0 Å². The van der Waals surface area contributed by atoms with Crippen molar-refractivity contribution in [3.63, 3.8) is 0 Å². The van der Waals surface area contributed by atoms with Crippen molar-refractivity contribution in [1.82, 2.24) is 4.90 Å². The molecule has 1 aromatic rings. The summed E-state index contributed by atoms with van der Waals surface area (Å²) in [6.07, 6.45) is 7.92. The number of aliphatic carboxylic acids is 1. The molecule has 0 aromatic heterocycles. The Morgan fingerprint density at radius 2 is 1.62 bits per heavy atom. The lowest BCUT2D eigenvalue weighted by Crippen LogP contribution is -2.45. The molecule has 1 heterocycles. The van der Waals surface area contributed by atoms with Crippen LogP contribution in [-0.2, 0) is 16.0 Å². The Morgan fingerprint density at radius 3 is 2.25 bits per heavy atom. The van der Waals surface area contributed by atoms with E-state index in [1.165, 1.54) is 5.56 Å². The maximum atomic E-state index is 12.8. The summed E-state index contributed by atoms with van der Waals surface area (Å²) in [5.41, 5.74) is 1.35. The van der Waals surface area contributed by atoms with E-state index in [1.807, 2.05) is 23.1 Å². The number of likely N-dealkylation sites (tertiary alicyclic amines) is 1. The Balaban J connectivity index is 1.55.